The van der Waals surface area contributed by atoms with Gasteiger partial charge in [-0.05, 0) is 50.1 Å². The first kappa shape index (κ1) is 28.7. The zero-order valence-electron chi connectivity index (χ0n) is 22.3. The Bertz CT molecular complexity index is 1350. The molecule has 2 amide bonds. The number of nitrogens with one attached hydrogen (secondary N) is 1. The molecule has 0 saturated heterocycles. The number of rotatable bonds is 12. The number of amides is 2. The first-order chi connectivity index (χ1) is 18.2. The summed E-state index contributed by atoms with van der Waals surface area (Å²) in [6.45, 7) is 5.53. The average Bonchev–Trinajstić information content (AvgIpc) is 2.92. The average molecular weight is 538 g/mol. The zero-order valence-corrected chi connectivity index (χ0v) is 23.1. The molecule has 0 aliphatic carbocycles. The van der Waals surface area contributed by atoms with Gasteiger partial charge in [-0.15, -0.1) is 0 Å². The molecule has 0 aliphatic heterocycles. The maximum Gasteiger partial charge on any atom is 0.264 e. The molecule has 0 aliphatic rings. The van der Waals surface area contributed by atoms with E-state index in [1.165, 1.54) is 24.1 Å². The largest absolute Gasteiger partial charge is 0.492 e. The van der Waals surface area contributed by atoms with Crippen LogP contribution in [0.3, 0.4) is 0 Å². The third kappa shape index (κ3) is 6.72. The van der Waals surface area contributed by atoms with Gasteiger partial charge in [0.25, 0.3) is 10.0 Å². The van der Waals surface area contributed by atoms with Crippen molar-refractivity contribution in [2.45, 2.75) is 44.7 Å². The number of carbonyl (C=O) groups is 2. The summed E-state index contributed by atoms with van der Waals surface area (Å²) in [5, 5.41) is 2.63. The number of nitrogens with zero attached hydrogens (tertiary/aromatic N) is 2. The van der Waals surface area contributed by atoms with E-state index in [1.807, 2.05) is 38.1 Å². The van der Waals surface area contributed by atoms with E-state index in [9.17, 15) is 18.0 Å². The number of aryl methyl sites for hydroxylation is 1. The topological polar surface area (TPSA) is 96.0 Å². The molecule has 0 unspecified atom stereocenters. The highest BCUT2D eigenvalue weighted by Crippen LogP contribution is 2.33. The van der Waals surface area contributed by atoms with Gasteiger partial charge in [0.2, 0.25) is 11.8 Å². The monoisotopic (exact) mass is 537 g/mol. The molecule has 202 valence electrons. The van der Waals surface area contributed by atoms with Crippen LogP contribution in [0.4, 0.5) is 5.69 Å². The summed E-state index contributed by atoms with van der Waals surface area (Å²) in [5.74, 6) is -0.487. The van der Waals surface area contributed by atoms with Crippen LogP contribution in [0.1, 0.15) is 31.4 Å². The van der Waals surface area contributed by atoms with Crippen LogP contribution >= 0.6 is 0 Å². The molecule has 38 heavy (non-hydrogen) atoms. The van der Waals surface area contributed by atoms with Gasteiger partial charge in [-0.1, -0.05) is 67.1 Å². The number of hydrogen-bond acceptors (Lipinski definition) is 5. The van der Waals surface area contributed by atoms with E-state index < -0.39 is 28.5 Å². The Balaban J connectivity index is 2.10. The fourth-order valence-electron chi connectivity index (χ4n) is 4.27. The van der Waals surface area contributed by atoms with Crippen LogP contribution in [0.15, 0.2) is 83.8 Å². The molecule has 9 heteroatoms. The SMILES string of the molecule is CCOc1ccccc1N(CC(=O)N(Cc1cccc(C)c1)[C@@H](CC)C(=O)NC)S(=O)(=O)c1ccccc1. The summed E-state index contributed by atoms with van der Waals surface area (Å²) in [5.41, 5.74) is 2.10. The maximum absolute atomic E-state index is 14.0. The normalized spacial score (nSPS) is 11.9. The summed E-state index contributed by atoms with van der Waals surface area (Å²) >= 11 is 0. The highest BCUT2D eigenvalue weighted by Gasteiger charge is 2.34. The van der Waals surface area contributed by atoms with E-state index >= 15 is 0 Å². The zero-order chi connectivity index (χ0) is 27.7. The minimum Gasteiger partial charge on any atom is -0.492 e. The molecular formula is C29H35N3O5S. The summed E-state index contributed by atoms with van der Waals surface area (Å²) in [4.78, 5) is 28.3. The van der Waals surface area contributed by atoms with Crippen LogP contribution in [-0.4, -0.2) is 51.4 Å². The summed E-state index contributed by atoms with van der Waals surface area (Å²) in [6.07, 6.45) is 0.359. The maximum atomic E-state index is 14.0. The highest BCUT2D eigenvalue weighted by atomic mass is 32.2. The fraction of sp³-hybridized carbons (Fsp3) is 0.310. The predicted molar refractivity (Wildman–Crippen MR) is 148 cm³/mol. The summed E-state index contributed by atoms with van der Waals surface area (Å²) < 4.78 is 34.6. The summed E-state index contributed by atoms with van der Waals surface area (Å²) in [6, 6.07) is 21.6. The van der Waals surface area contributed by atoms with E-state index in [-0.39, 0.29) is 23.0 Å². The second kappa shape index (κ2) is 13.1. The van der Waals surface area contributed by atoms with Crippen LogP contribution in [-0.2, 0) is 26.2 Å². The molecule has 3 aromatic rings. The lowest BCUT2D eigenvalue weighted by Crippen LogP contribution is -2.51. The van der Waals surface area contributed by atoms with Crippen molar-refractivity contribution in [3.63, 3.8) is 0 Å². The molecule has 0 radical (unpaired) electrons. The van der Waals surface area contributed by atoms with Gasteiger partial charge in [-0.3, -0.25) is 13.9 Å². The van der Waals surface area contributed by atoms with Crippen molar-refractivity contribution < 1.29 is 22.7 Å². The van der Waals surface area contributed by atoms with Crippen molar-refractivity contribution in [2.75, 3.05) is 24.5 Å². The van der Waals surface area contributed by atoms with Gasteiger partial charge in [0.05, 0.1) is 17.2 Å². The molecular weight excluding hydrogens is 502 g/mol. The van der Waals surface area contributed by atoms with Crippen LogP contribution in [0.25, 0.3) is 0 Å². The number of para-hydroxylation sites is 2. The molecule has 0 saturated carbocycles. The van der Waals surface area contributed by atoms with Gasteiger partial charge in [0.1, 0.15) is 18.3 Å². The molecule has 0 spiro atoms. The van der Waals surface area contributed by atoms with Crippen molar-refractivity contribution in [1.82, 2.24) is 10.2 Å². The van der Waals surface area contributed by atoms with Gasteiger partial charge >= 0.3 is 0 Å². The number of likely N-dealkylation sites (N-methyl/N-ethyl adjacent to an activating group) is 1. The molecule has 3 aromatic carbocycles. The van der Waals surface area contributed by atoms with Gasteiger partial charge in [0.15, 0.2) is 0 Å². The van der Waals surface area contributed by atoms with Gasteiger partial charge in [-0.2, -0.15) is 0 Å². The molecule has 0 bridgehead atoms. The molecule has 0 fully saturated rings. The van der Waals surface area contributed by atoms with Crippen LogP contribution < -0.4 is 14.4 Å². The van der Waals surface area contributed by atoms with Gasteiger partial charge in [-0.25, -0.2) is 8.42 Å². The van der Waals surface area contributed by atoms with Crippen molar-refractivity contribution >= 4 is 27.5 Å². The lowest BCUT2D eigenvalue weighted by molar-refractivity contribution is -0.140. The Kier molecular flexibility index (Phi) is 9.90. The Morgan fingerprint density at radius 1 is 0.947 bits per heavy atom. The lowest BCUT2D eigenvalue weighted by atomic mass is 10.1. The standard InChI is InChI=1S/C29H35N3O5S/c1-5-25(29(34)30-4)31(20-23-14-12-13-22(3)19-23)28(33)21-32(26-17-10-11-18-27(26)37-6-2)38(35,36)24-15-8-7-9-16-24/h7-19,25H,5-6,20-21H2,1-4H3,(H,30,34)/t25-/m0/s1. The predicted octanol–water partition coefficient (Wildman–Crippen LogP) is 4.14. The van der Waals surface area contributed by atoms with Crippen molar-refractivity contribution in [3.8, 4) is 5.75 Å². The van der Waals surface area contributed by atoms with E-state index in [1.54, 1.807) is 49.4 Å². The Labute approximate surface area is 225 Å². The highest BCUT2D eigenvalue weighted by molar-refractivity contribution is 7.92. The number of sulfonamides is 1. The van der Waals surface area contributed by atoms with Crippen molar-refractivity contribution in [1.29, 1.82) is 0 Å². The first-order valence-electron chi connectivity index (χ1n) is 12.6. The quantitative estimate of drug-likeness (QED) is 0.375. The summed E-state index contributed by atoms with van der Waals surface area (Å²) in [7, 11) is -2.64. The number of hydrogen-bond donors (Lipinski definition) is 1. The van der Waals surface area contributed by atoms with Crippen LogP contribution in [0.5, 0.6) is 5.75 Å². The minimum absolute atomic E-state index is 0.0441. The van der Waals surface area contributed by atoms with Crippen molar-refractivity contribution in [2.24, 2.45) is 0 Å². The Morgan fingerprint density at radius 3 is 2.26 bits per heavy atom. The van der Waals surface area contributed by atoms with Crippen LogP contribution in [0.2, 0.25) is 0 Å². The number of anilines is 1. The Morgan fingerprint density at radius 2 is 1.63 bits per heavy atom. The number of benzene rings is 3. The van der Waals surface area contributed by atoms with Crippen molar-refractivity contribution in [3.05, 3.63) is 90.0 Å². The third-order valence-corrected chi connectivity index (χ3v) is 7.89. The molecule has 0 heterocycles. The second-order valence-corrected chi connectivity index (χ2v) is 10.6. The van der Waals surface area contributed by atoms with E-state index in [0.29, 0.717) is 18.8 Å². The smallest absolute Gasteiger partial charge is 0.264 e. The molecule has 1 N–H and O–H groups in total. The third-order valence-electron chi connectivity index (χ3n) is 6.11. The fourth-order valence-corrected chi connectivity index (χ4v) is 5.71. The van der Waals surface area contributed by atoms with E-state index in [0.717, 1.165) is 15.4 Å². The first-order valence-corrected chi connectivity index (χ1v) is 14.0. The van der Waals surface area contributed by atoms with Gasteiger partial charge in [0, 0.05) is 13.6 Å². The van der Waals surface area contributed by atoms with Crippen LogP contribution in [0, 0.1) is 6.92 Å². The van der Waals surface area contributed by atoms with E-state index in [2.05, 4.69) is 5.32 Å². The number of carbonyl (C=O) groups excluding carboxylic acids is 2. The second-order valence-electron chi connectivity index (χ2n) is 8.77. The molecule has 3 rings (SSSR count). The minimum atomic E-state index is -4.16. The van der Waals surface area contributed by atoms with Gasteiger partial charge < -0.3 is 15.0 Å². The molecule has 0 aromatic heterocycles. The Hall–Kier alpha value is -3.85. The molecule has 1 atom stereocenters. The molecule has 8 nitrogen and oxygen atoms in total. The van der Waals surface area contributed by atoms with E-state index in [4.69, 9.17) is 4.74 Å². The number of ether oxygens (including phenoxy) is 1. The lowest BCUT2D eigenvalue weighted by Gasteiger charge is -2.33.